The second-order valence-corrected chi connectivity index (χ2v) is 6.70. The Labute approximate surface area is 179 Å². The normalized spacial score (nSPS) is 10.8. The lowest BCUT2D eigenvalue weighted by atomic mass is 10.2. The van der Waals surface area contributed by atoms with Crippen molar-refractivity contribution in [3.05, 3.63) is 94.3 Å². The molecule has 154 valence electrons. The molecule has 0 heterocycles. The van der Waals surface area contributed by atoms with E-state index in [-0.39, 0.29) is 18.3 Å². The van der Waals surface area contributed by atoms with Crippen molar-refractivity contribution in [2.24, 2.45) is 5.10 Å². The van der Waals surface area contributed by atoms with E-state index in [9.17, 15) is 9.18 Å². The number of hydrazone groups is 1. The van der Waals surface area contributed by atoms with E-state index in [0.29, 0.717) is 28.7 Å². The molecule has 0 aliphatic heterocycles. The Hall–Kier alpha value is -3.38. The molecular formula is C23H20ClFN2O3. The largest absolute Gasteiger partial charge is 0.490 e. The summed E-state index contributed by atoms with van der Waals surface area (Å²) in [7, 11) is 0. The van der Waals surface area contributed by atoms with Crippen LogP contribution in [0.5, 0.6) is 11.5 Å². The van der Waals surface area contributed by atoms with Crippen LogP contribution in [0.2, 0.25) is 5.02 Å². The Kier molecular flexibility index (Phi) is 7.40. The smallest absolute Gasteiger partial charge is 0.271 e. The van der Waals surface area contributed by atoms with Gasteiger partial charge in [-0.05, 0) is 66.6 Å². The number of hydrogen-bond acceptors (Lipinski definition) is 4. The molecule has 1 N–H and O–H groups in total. The fourth-order valence-electron chi connectivity index (χ4n) is 2.59. The summed E-state index contributed by atoms with van der Waals surface area (Å²) in [4.78, 5) is 12.1. The zero-order valence-corrected chi connectivity index (χ0v) is 17.0. The molecule has 30 heavy (non-hydrogen) atoms. The lowest BCUT2D eigenvalue weighted by molar-refractivity contribution is 0.0955. The van der Waals surface area contributed by atoms with E-state index in [1.165, 1.54) is 18.3 Å². The van der Waals surface area contributed by atoms with Crippen LogP contribution in [0.15, 0.2) is 71.8 Å². The third-order valence-electron chi connectivity index (χ3n) is 4.04. The maximum Gasteiger partial charge on any atom is 0.271 e. The molecule has 0 aromatic heterocycles. The zero-order valence-electron chi connectivity index (χ0n) is 16.3. The number of hydrogen-bond donors (Lipinski definition) is 1. The van der Waals surface area contributed by atoms with Gasteiger partial charge in [0.05, 0.1) is 12.8 Å². The standard InChI is InChI=1S/C23H20ClFN2O3/c1-2-29-22-12-17(14-26-27-23(28)18-4-3-5-19(24)13-18)8-11-21(22)30-15-16-6-9-20(25)10-7-16/h3-14H,2,15H2,1H3,(H,27,28)/b26-14-. The van der Waals surface area contributed by atoms with Gasteiger partial charge in [0.1, 0.15) is 12.4 Å². The van der Waals surface area contributed by atoms with Crippen LogP contribution in [0.1, 0.15) is 28.4 Å². The lowest BCUT2D eigenvalue weighted by Gasteiger charge is -2.12. The Morgan fingerprint density at radius 1 is 1.07 bits per heavy atom. The molecule has 7 heteroatoms. The molecule has 5 nitrogen and oxygen atoms in total. The van der Waals surface area contributed by atoms with E-state index in [2.05, 4.69) is 10.5 Å². The second-order valence-electron chi connectivity index (χ2n) is 6.26. The van der Waals surface area contributed by atoms with Gasteiger partial charge in [0.2, 0.25) is 0 Å². The Balaban J connectivity index is 1.65. The fourth-order valence-corrected chi connectivity index (χ4v) is 2.78. The Morgan fingerprint density at radius 3 is 2.60 bits per heavy atom. The molecule has 0 fully saturated rings. The maximum atomic E-state index is 13.0. The quantitative estimate of drug-likeness (QED) is 0.397. The molecule has 0 unspecified atom stereocenters. The molecule has 3 rings (SSSR count). The first-order valence-corrected chi connectivity index (χ1v) is 9.66. The van der Waals surface area contributed by atoms with E-state index < -0.39 is 0 Å². The van der Waals surface area contributed by atoms with E-state index >= 15 is 0 Å². The summed E-state index contributed by atoms with van der Waals surface area (Å²) in [6.07, 6.45) is 1.51. The summed E-state index contributed by atoms with van der Waals surface area (Å²) in [5.41, 5.74) is 4.44. The number of carbonyl (C=O) groups is 1. The Bertz CT molecular complexity index is 1040. The van der Waals surface area contributed by atoms with Gasteiger partial charge in [-0.15, -0.1) is 0 Å². The van der Waals surface area contributed by atoms with Gasteiger partial charge in [-0.2, -0.15) is 5.10 Å². The highest BCUT2D eigenvalue weighted by Crippen LogP contribution is 2.29. The number of benzene rings is 3. The summed E-state index contributed by atoms with van der Waals surface area (Å²) >= 11 is 5.89. The van der Waals surface area contributed by atoms with Gasteiger partial charge in [0, 0.05) is 10.6 Å². The van der Waals surface area contributed by atoms with E-state index in [0.717, 1.165) is 11.1 Å². The van der Waals surface area contributed by atoms with Gasteiger partial charge >= 0.3 is 0 Å². The van der Waals surface area contributed by atoms with Crippen molar-refractivity contribution in [1.29, 1.82) is 0 Å². The Morgan fingerprint density at radius 2 is 1.87 bits per heavy atom. The van der Waals surface area contributed by atoms with Crippen LogP contribution in [-0.2, 0) is 6.61 Å². The molecular weight excluding hydrogens is 407 g/mol. The average Bonchev–Trinajstić information content (AvgIpc) is 2.74. The number of rotatable bonds is 8. The van der Waals surface area contributed by atoms with Crippen molar-refractivity contribution in [2.75, 3.05) is 6.61 Å². The summed E-state index contributed by atoms with van der Waals surface area (Å²) in [5, 5.41) is 4.46. The molecule has 0 spiro atoms. The average molecular weight is 427 g/mol. The van der Waals surface area contributed by atoms with Gasteiger partial charge < -0.3 is 9.47 Å². The highest BCUT2D eigenvalue weighted by Gasteiger charge is 2.08. The van der Waals surface area contributed by atoms with E-state index in [4.69, 9.17) is 21.1 Å². The van der Waals surface area contributed by atoms with E-state index in [1.807, 2.05) is 6.92 Å². The molecule has 0 atom stereocenters. The SMILES string of the molecule is CCOc1cc(/C=N\NC(=O)c2cccc(Cl)c2)ccc1OCc1ccc(F)cc1. The summed E-state index contributed by atoms with van der Waals surface area (Å²) in [6, 6.07) is 18.0. The molecule has 1 amide bonds. The predicted molar refractivity (Wildman–Crippen MR) is 115 cm³/mol. The van der Waals surface area contributed by atoms with Gasteiger partial charge in [0.15, 0.2) is 11.5 Å². The maximum absolute atomic E-state index is 13.0. The number of halogens is 2. The van der Waals surface area contributed by atoms with Crippen LogP contribution in [0, 0.1) is 5.82 Å². The molecule has 3 aromatic carbocycles. The number of nitrogens with zero attached hydrogens (tertiary/aromatic N) is 1. The fraction of sp³-hybridized carbons (Fsp3) is 0.130. The molecule has 0 aliphatic carbocycles. The van der Waals surface area contributed by atoms with Crippen LogP contribution in [0.25, 0.3) is 0 Å². The molecule has 0 saturated carbocycles. The van der Waals surface area contributed by atoms with Crippen LogP contribution in [-0.4, -0.2) is 18.7 Å². The van der Waals surface area contributed by atoms with E-state index in [1.54, 1.807) is 54.6 Å². The predicted octanol–water partition coefficient (Wildman–Crippen LogP) is 5.22. The molecule has 0 radical (unpaired) electrons. The van der Waals surface area contributed by atoms with Crippen molar-refractivity contribution >= 4 is 23.7 Å². The first-order valence-electron chi connectivity index (χ1n) is 9.28. The third kappa shape index (κ3) is 6.06. The highest BCUT2D eigenvalue weighted by atomic mass is 35.5. The first kappa shape index (κ1) is 21.3. The minimum Gasteiger partial charge on any atom is -0.490 e. The lowest BCUT2D eigenvalue weighted by Crippen LogP contribution is -2.17. The minimum atomic E-state index is -0.363. The third-order valence-corrected chi connectivity index (χ3v) is 4.28. The zero-order chi connectivity index (χ0) is 21.3. The van der Waals surface area contributed by atoms with Crippen molar-refractivity contribution in [3.8, 4) is 11.5 Å². The summed E-state index contributed by atoms with van der Waals surface area (Å²) in [5.74, 6) is 0.448. The van der Waals surface area contributed by atoms with Gasteiger partial charge in [-0.3, -0.25) is 4.79 Å². The number of nitrogens with one attached hydrogen (secondary N) is 1. The van der Waals surface area contributed by atoms with Gasteiger partial charge in [-0.25, -0.2) is 9.82 Å². The summed E-state index contributed by atoms with van der Waals surface area (Å²) in [6.45, 7) is 2.61. The molecule has 0 aliphatic rings. The monoisotopic (exact) mass is 426 g/mol. The van der Waals surface area contributed by atoms with Gasteiger partial charge in [0.25, 0.3) is 5.91 Å². The van der Waals surface area contributed by atoms with Crippen molar-refractivity contribution in [1.82, 2.24) is 5.43 Å². The summed E-state index contributed by atoms with van der Waals surface area (Å²) < 4.78 is 24.5. The van der Waals surface area contributed by atoms with Crippen molar-refractivity contribution in [2.45, 2.75) is 13.5 Å². The van der Waals surface area contributed by atoms with Crippen LogP contribution in [0.3, 0.4) is 0 Å². The number of carbonyl (C=O) groups excluding carboxylic acids is 1. The van der Waals surface area contributed by atoms with Crippen LogP contribution >= 0.6 is 11.6 Å². The number of amides is 1. The number of ether oxygens (including phenoxy) is 2. The topological polar surface area (TPSA) is 59.9 Å². The highest BCUT2D eigenvalue weighted by molar-refractivity contribution is 6.30. The van der Waals surface area contributed by atoms with Gasteiger partial charge in [-0.1, -0.05) is 29.8 Å². The van der Waals surface area contributed by atoms with Crippen molar-refractivity contribution < 1.29 is 18.7 Å². The van der Waals surface area contributed by atoms with Crippen molar-refractivity contribution in [3.63, 3.8) is 0 Å². The molecule has 0 bridgehead atoms. The second kappa shape index (κ2) is 10.4. The van der Waals surface area contributed by atoms with Crippen LogP contribution in [0.4, 0.5) is 4.39 Å². The molecule has 3 aromatic rings. The van der Waals surface area contributed by atoms with Crippen LogP contribution < -0.4 is 14.9 Å². The minimum absolute atomic E-state index is 0.281. The first-order chi connectivity index (χ1) is 14.5. The molecule has 0 saturated heterocycles.